The van der Waals surface area contributed by atoms with E-state index in [0.29, 0.717) is 17.2 Å². The topological polar surface area (TPSA) is 72.5 Å². The van der Waals surface area contributed by atoms with E-state index in [0.717, 1.165) is 0 Å². The Labute approximate surface area is 188 Å². The molecule has 0 aliphatic carbocycles. The number of hydrogen-bond donors (Lipinski definition) is 0. The van der Waals surface area contributed by atoms with E-state index in [1.54, 1.807) is 0 Å². The molecule has 3 saturated heterocycles. The predicted octanol–water partition coefficient (Wildman–Crippen LogP) is 3.33. The molecule has 5 rings (SSSR count). The van der Waals surface area contributed by atoms with Crippen LogP contribution in [0.4, 0.5) is 0 Å². The van der Waals surface area contributed by atoms with Crippen LogP contribution in [0.15, 0.2) is 60.7 Å². The van der Waals surface area contributed by atoms with Crippen molar-refractivity contribution in [2.45, 2.75) is 70.0 Å². The van der Waals surface area contributed by atoms with Gasteiger partial charge in [-0.2, -0.15) is 0 Å². The van der Waals surface area contributed by atoms with Gasteiger partial charge in [0.25, 0.3) is 7.37 Å². The van der Waals surface area contributed by atoms with Crippen molar-refractivity contribution < 1.29 is 32.8 Å². The van der Waals surface area contributed by atoms with Crippen molar-refractivity contribution in [1.82, 2.24) is 0 Å². The number of benzene rings is 2. The minimum atomic E-state index is -3.48. The van der Waals surface area contributed by atoms with E-state index in [9.17, 15) is 4.57 Å². The molecule has 7 nitrogen and oxygen atoms in total. The largest absolute Gasteiger partial charge is 0.348 e. The highest BCUT2D eigenvalue weighted by atomic mass is 31.2. The van der Waals surface area contributed by atoms with E-state index in [1.165, 1.54) is 0 Å². The van der Waals surface area contributed by atoms with Crippen LogP contribution in [0.2, 0.25) is 0 Å². The molecule has 2 aromatic rings. The van der Waals surface area contributed by atoms with E-state index >= 15 is 0 Å². The van der Waals surface area contributed by atoms with Gasteiger partial charge >= 0.3 is 0 Å². The molecule has 0 spiro atoms. The first-order chi connectivity index (χ1) is 15.2. The van der Waals surface area contributed by atoms with Gasteiger partial charge < -0.3 is 23.7 Å². The summed E-state index contributed by atoms with van der Waals surface area (Å²) in [6.45, 7) is 7.80. The first-order valence-electron chi connectivity index (χ1n) is 10.9. The van der Waals surface area contributed by atoms with Gasteiger partial charge in [-0.15, -0.1) is 0 Å². The smallest absolute Gasteiger partial charge is 0.263 e. The summed E-state index contributed by atoms with van der Waals surface area (Å²) in [6, 6.07) is 18.4. The average molecular weight is 460 g/mol. The Hall–Kier alpha value is -1.57. The molecule has 172 valence electrons. The van der Waals surface area contributed by atoms with Crippen molar-refractivity contribution in [1.29, 1.82) is 0 Å². The first-order valence-corrected chi connectivity index (χ1v) is 12.5. The minimum Gasteiger partial charge on any atom is -0.348 e. The second-order valence-corrected chi connectivity index (χ2v) is 11.6. The molecule has 0 N–H and O–H groups in total. The molecule has 3 aliphatic rings. The molecular weight excluding hydrogens is 431 g/mol. The molecule has 8 heteroatoms. The summed E-state index contributed by atoms with van der Waals surface area (Å²) >= 11 is 0. The fourth-order valence-corrected chi connectivity index (χ4v) is 6.65. The molecule has 0 radical (unpaired) electrons. The summed E-state index contributed by atoms with van der Waals surface area (Å²) in [5.41, 5.74) is 0. The highest BCUT2D eigenvalue weighted by Crippen LogP contribution is 2.51. The molecule has 5 atom stereocenters. The lowest BCUT2D eigenvalue weighted by atomic mass is 10.1. The maximum atomic E-state index is 14.4. The Morgan fingerprint density at radius 3 is 1.88 bits per heavy atom. The highest BCUT2D eigenvalue weighted by molar-refractivity contribution is 7.74. The Morgan fingerprint density at radius 2 is 1.34 bits per heavy atom. The van der Waals surface area contributed by atoms with Crippen molar-refractivity contribution in [2.24, 2.45) is 0 Å². The van der Waals surface area contributed by atoms with Crippen molar-refractivity contribution in [3.05, 3.63) is 60.7 Å². The van der Waals surface area contributed by atoms with Gasteiger partial charge in [-0.1, -0.05) is 36.4 Å². The molecule has 0 saturated carbocycles. The summed E-state index contributed by atoms with van der Waals surface area (Å²) in [6.07, 6.45) is -2.71. The zero-order valence-electron chi connectivity index (χ0n) is 18.7. The molecule has 3 aliphatic heterocycles. The van der Waals surface area contributed by atoms with Gasteiger partial charge in [0, 0.05) is 10.6 Å². The fourth-order valence-electron chi connectivity index (χ4n) is 4.52. The van der Waals surface area contributed by atoms with Gasteiger partial charge in [0.15, 0.2) is 17.9 Å². The van der Waals surface area contributed by atoms with Crippen molar-refractivity contribution in [3.63, 3.8) is 0 Å². The summed E-state index contributed by atoms with van der Waals surface area (Å²) in [5, 5.41) is 1.18. The SMILES string of the molecule is CC1(C)O[C@@H]2[C@H](O1)[C@@H](OP(=O)(c1ccccc1)c1ccccc1)O[C@@H]2[C@H]1COC(C)(C)O1. The van der Waals surface area contributed by atoms with Gasteiger partial charge in [0.05, 0.1) is 6.61 Å². The summed E-state index contributed by atoms with van der Waals surface area (Å²) in [4.78, 5) is 0. The predicted molar refractivity (Wildman–Crippen MR) is 118 cm³/mol. The van der Waals surface area contributed by atoms with E-state index in [4.69, 9.17) is 28.2 Å². The third-order valence-electron chi connectivity index (χ3n) is 5.89. The summed E-state index contributed by atoms with van der Waals surface area (Å²) in [5.74, 6) is -1.53. The first kappa shape index (κ1) is 22.2. The third-order valence-corrected chi connectivity index (χ3v) is 8.35. The van der Waals surface area contributed by atoms with Crippen LogP contribution in [0.1, 0.15) is 27.7 Å². The van der Waals surface area contributed by atoms with Crippen LogP contribution < -0.4 is 10.6 Å². The third kappa shape index (κ3) is 4.08. The monoisotopic (exact) mass is 460 g/mol. The van der Waals surface area contributed by atoms with Crippen LogP contribution in [-0.4, -0.2) is 48.9 Å². The summed E-state index contributed by atoms with van der Waals surface area (Å²) < 4.78 is 51.2. The molecule has 0 unspecified atom stereocenters. The Balaban J connectivity index is 1.48. The van der Waals surface area contributed by atoms with Crippen molar-refractivity contribution in [3.8, 4) is 0 Å². The van der Waals surface area contributed by atoms with E-state index in [2.05, 4.69) is 0 Å². The number of fused-ring (bicyclic) bond motifs is 1. The average Bonchev–Trinajstić information content (AvgIpc) is 3.39. The number of rotatable bonds is 5. The van der Waals surface area contributed by atoms with Crippen LogP contribution >= 0.6 is 7.37 Å². The molecular formula is C24H29O7P. The molecule has 3 heterocycles. The fraction of sp³-hybridized carbons (Fsp3) is 0.500. The minimum absolute atomic E-state index is 0.351. The second-order valence-electron chi connectivity index (χ2n) is 9.23. The van der Waals surface area contributed by atoms with Gasteiger partial charge in [-0.3, -0.25) is 9.09 Å². The second kappa shape index (κ2) is 8.03. The molecule has 0 bridgehead atoms. The van der Waals surface area contributed by atoms with Crippen LogP contribution in [-0.2, 0) is 32.8 Å². The molecule has 3 fully saturated rings. The van der Waals surface area contributed by atoms with Crippen molar-refractivity contribution in [2.75, 3.05) is 6.61 Å². The number of ether oxygens (including phenoxy) is 5. The van der Waals surface area contributed by atoms with E-state index < -0.39 is 43.5 Å². The van der Waals surface area contributed by atoms with Crippen LogP contribution in [0.5, 0.6) is 0 Å². The molecule has 0 aromatic heterocycles. The van der Waals surface area contributed by atoms with E-state index in [1.807, 2.05) is 88.4 Å². The van der Waals surface area contributed by atoms with Gasteiger partial charge in [0.1, 0.15) is 24.4 Å². The van der Waals surface area contributed by atoms with Crippen molar-refractivity contribution >= 4 is 18.0 Å². The van der Waals surface area contributed by atoms with Crippen LogP contribution in [0.25, 0.3) is 0 Å². The quantitative estimate of drug-likeness (QED) is 0.634. The van der Waals surface area contributed by atoms with Gasteiger partial charge in [0.2, 0.25) is 0 Å². The van der Waals surface area contributed by atoms with Crippen LogP contribution in [0.3, 0.4) is 0 Å². The lowest BCUT2D eigenvalue weighted by Gasteiger charge is -2.28. The molecule has 2 aromatic carbocycles. The maximum absolute atomic E-state index is 14.4. The Kier molecular flexibility index (Phi) is 5.58. The molecule has 32 heavy (non-hydrogen) atoms. The lowest BCUT2D eigenvalue weighted by Crippen LogP contribution is -2.40. The maximum Gasteiger partial charge on any atom is 0.263 e. The Bertz CT molecular complexity index is 950. The Morgan fingerprint density at radius 1 is 0.781 bits per heavy atom. The number of hydrogen-bond acceptors (Lipinski definition) is 7. The van der Waals surface area contributed by atoms with Gasteiger partial charge in [-0.25, -0.2) is 0 Å². The summed E-state index contributed by atoms with van der Waals surface area (Å²) in [7, 11) is -3.48. The standard InChI is InChI=1S/C24H29O7P/c1-23(2)26-15-18(28-23)19-20-21(30-24(3,4)29-20)22(27-19)31-32(25,16-11-7-5-8-12-16)17-13-9-6-10-14-17/h5-14,18-22H,15H2,1-4H3/t18-,19-,20+,21+,22-/m1/s1. The lowest BCUT2D eigenvalue weighted by molar-refractivity contribution is -0.229. The van der Waals surface area contributed by atoms with E-state index in [-0.39, 0.29) is 6.10 Å². The molecule has 0 amide bonds. The van der Waals surface area contributed by atoms with Gasteiger partial charge in [-0.05, 0) is 52.0 Å². The zero-order valence-corrected chi connectivity index (χ0v) is 19.6. The highest BCUT2D eigenvalue weighted by Gasteiger charge is 2.60. The normalized spacial score (nSPS) is 33.3. The zero-order chi connectivity index (χ0) is 22.6. The van der Waals surface area contributed by atoms with Crippen LogP contribution in [0, 0.1) is 0 Å².